The van der Waals surface area contributed by atoms with E-state index in [0.29, 0.717) is 17.6 Å². The minimum atomic E-state index is -4.71. The lowest BCUT2D eigenvalue weighted by Crippen LogP contribution is -2.35. The van der Waals surface area contributed by atoms with Crippen LogP contribution in [0.2, 0.25) is 0 Å². The molecule has 0 bridgehead atoms. The van der Waals surface area contributed by atoms with Gasteiger partial charge in [0.15, 0.2) is 0 Å². The van der Waals surface area contributed by atoms with Gasteiger partial charge in [-0.25, -0.2) is 4.39 Å². The van der Waals surface area contributed by atoms with Gasteiger partial charge in [0.2, 0.25) is 5.91 Å². The highest BCUT2D eigenvalue weighted by Gasteiger charge is 2.33. The first-order chi connectivity index (χ1) is 13.7. The zero-order valence-corrected chi connectivity index (χ0v) is 16.2. The number of amides is 1. The van der Waals surface area contributed by atoms with Gasteiger partial charge in [0.1, 0.15) is 17.3 Å². The van der Waals surface area contributed by atoms with Crippen molar-refractivity contribution in [1.82, 2.24) is 10.6 Å². The van der Waals surface area contributed by atoms with Crippen LogP contribution in [0, 0.1) is 5.82 Å². The molecule has 29 heavy (non-hydrogen) atoms. The van der Waals surface area contributed by atoms with Crippen LogP contribution in [0.4, 0.5) is 17.6 Å². The van der Waals surface area contributed by atoms with Gasteiger partial charge in [0, 0.05) is 18.2 Å². The van der Waals surface area contributed by atoms with Crippen LogP contribution in [0.25, 0.3) is 0 Å². The van der Waals surface area contributed by atoms with Gasteiger partial charge in [0.05, 0.1) is 26.3 Å². The Morgan fingerprint density at radius 1 is 1.10 bits per heavy atom. The van der Waals surface area contributed by atoms with E-state index in [0.717, 1.165) is 17.7 Å². The van der Waals surface area contributed by atoms with Crippen LogP contribution >= 0.6 is 0 Å². The van der Waals surface area contributed by atoms with Crippen LogP contribution in [0.5, 0.6) is 11.5 Å². The lowest BCUT2D eigenvalue weighted by molar-refractivity contribution is -0.138. The van der Waals surface area contributed by atoms with Crippen LogP contribution in [-0.4, -0.2) is 26.7 Å². The molecule has 1 unspecified atom stereocenters. The zero-order chi connectivity index (χ0) is 21.6. The number of carbonyl (C=O) groups excluding carboxylic acids is 1. The summed E-state index contributed by atoms with van der Waals surface area (Å²) >= 11 is 0. The lowest BCUT2D eigenvalue weighted by atomic mass is 10.1. The summed E-state index contributed by atoms with van der Waals surface area (Å²) in [5.41, 5.74) is -0.562. The summed E-state index contributed by atoms with van der Waals surface area (Å²) in [5, 5.41) is 5.39. The molecule has 1 atom stereocenters. The monoisotopic (exact) mass is 414 g/mol. The largest absolute Gasteiger partial charge is 0.497 e. The zero-order valence-electron chi connectivity index (χ0n) is 16.2. The first kappa shape index (κ1) is 22.5. The minimum Gasteiger partial charge on any atom is -0.497 e. The van der Waals surface area contributed by atoms with E-state index in [2.05, 4.69) is 10.6 Å². The standard InChI is InChI=1S/C20H22F4N2O3/c1-12(16-9-15(28-2)6-7-18(16)29-3)25-11-19(27)26-10-13-4-5-14(21)8-17(13)20(22,23)24/h4-9,12,25H,10-11H2,1-3H3,(H,26,27). The molecule has 1 amide bonds. The topological polar surface area (TPSA) is 59.6 Å². The second-order valence-corrected chi connectivity index (χ2v) is 6.29. The van der Waals surface area contributed by atoms with Crippen molar-refractivity contribution in [2.45, 2.75) is 25.7 Å². The molecule has 158 valence electrons. The van der Waals surface area contributed by atoms with E-state index in [1.54, 1.807) is 18.2 Å². The van der Waals surface area contributed by atoms with Crippen molar-refractivity contribution in [3.63, 3.8) is 0 Å². The normalized spacial score (nSPS) is 12.4. The molecule has 0 aromatic heterocycles. The summed E-state index contributed by atoms with van der Waals surface area (Å²) in [7, 11) is 3.05. The third-order valence-electron chi connectivity index (χ3n) is 4.33. The van der Waals surface area contributed by atoms with Crippen molar-refractivity contribution in [3.8, 4) is 11.5 Å². The highest BCUT2D eigenvalue weighted by atomic mass is 19.4. The number of ether oxygens (including phenoxy) is 2. The molecule has 0 heterocycles. The summed E-state index contributed by atoms with van der Waals surface area (Å²) in [4.78, 5) is 12.1. The number of hydrogen-bond acceptors (Lipinski definition) is 4. The van der Waals surface area contributed by atoms with E-state index in [1.165, 1.54) is 14.2 Å². The van der Waals surface area contributed by atoms with E-state index in [1.807, 2.05) is 6.92 Å². The lowest BCUT2D eigenvalue weighted by Gasteiger charge is -2.18. The number of benzene rings is 2. The molecule has 2 N–H and O–H groups in total. The quantitative estimate of drug-likeness (QED) is 0.645. The van der Waals surface area contributed by atoms with Crippen molar-refractivity contribution in [2.75, 3.05) is 20.8 Å². The molecule has 2 aromatic carbocycles. The number of carbonyl (C=O) groups is 1. The van der Waals surface area contributed by atoms with E-state index in [-0.39, 0.29) is 24.7 Å². The summed E-state index contributed by atoms with van der Waals surface area (Å²) in [6, 6.07) is 7.30. The maximum Gasteiger partial charge on any atom is 0.416 e. The van der Waals surface area contributed by atoms with Gasteiger partial charge in [-0.15, -0.1) is 0 Å². The second kappa shape index (κ2) is 9.60. The van der Waals surface area contributed by atoms with Crippen molar-refractivity contribution < 1.29 is 31.8 Å². The molecular weight excluding hydrogens is 392 g/mol. The Hall–Kier alpha value is -2.81. The number of halogens is 4. The average Bonchev–Trinajstić information content (AvgIpc) is 2.69. The Balaban J connectivity index is 1.98. The Morgan fingerprint density at radius 2 is 1.83 bits per heavy atom. The van der Waals surface area contributed by atoms with E-state index < -0.39 is 23.5 Å². The first-order valence-electron chi connectivity index (χ1n) is 8.73. The van der Waals surface area contributed by atoms with Crippen LogP contribution in [-0.2, 0) is 17.5 Å². The summed E-state index contributed by atoms with van der Waals surface area (Å²) in [6.07, 6.45) is -4.71. The molecule has 9 heteroatoms. The van der Waals surface area contributed by atoms with Gasteiger partial charge in [0.25, 0.3) is 0 Å². The molecule has 0 spiro atoms. The molecule has 0 aliphatic rings. The third kappa shape index (κ3) is 6.08. The Morgan fingerprint density at radius 3 is 2.45 bits per heavy atom. The summed E-state index contributed by atoms with van der Waals surface area (Å²) in [5.74, 6) is -0.270. The fourth-order valence-corrected chi connectivity index (χ4v) is 2.76. The fourth-order valence-electron chi connectivity index (χ4n) is 2.76. The SMILES string of the molecule is COc1ccc(OC)c(C(C)NCC(=O)NCc2ccc(F)cc2C(F)(F)F)c1. The molecule has 5 nitrogen and oxygen atoms in total. The summed E-state index contributed by atoms with van der Waals surface area (Å²) in [6.45, 7) is 1.31. The van der Waals surface area contributed by atoms with E-state index in [9.17, 15) is 22.4 Å². The van der Waals surface area contributed by atoms with Gasteiger partial charge in [-0.2, -0.15) is 13.2 Å². The third-order valence-corrected chi connectivity index (χ3v) is 4.33. The van der Waals surface area contributed by atoms with Gasteiger partial charge in [-0.05, 0) is 42.8 Å². The molecule has 0 saturated carbocycles. The Kier molecular flexibility index (Phi) is 7.44. The smallest absolute Gasteiger partial charge is 0.416 e. The summed E-state index contributed by atoms with van der Waals surface area (Å²) < 4.78 is 62.7. The van der Waals surface area contributed by atoms with Crippen molar-refractivity contribution in [3.05, 3.63) is 58.9 Å². The number of hydrogen-bond donors (Lipinski definition) is 2. The Bertz CT molecular complexity index is 856. The molecule has 2 rings (SSSR count). The predicted octanol–water partition coefficient (Wildman–Crippen LogP) is 3.83. The van der Waals surface area contributed by atoms with Gasteiger partial charge < -0.3 is 20.1 Å². The molecule has 0 saturated heterocycles. The number of rotatable bonds is 8. The number of nitrogens with one attached hydrogen (secondary N) is 2. The Labute approximate surface area is 166 Å². The minimum absolute atomic E-state index is 0.135. The van der Waals surface area contributed by atoms with Gasteiger partial charge >= 0.3 is 6.18 Å². The van der Waals surface area contributed by atoms with Crippen molar-refractivity contribution >= 4 is 5.91 Å². The first-order valence-corrected chi connectivity index (χ1v) is 8.73. The maximum atomic E-state index is 13.1. The van der Waals surface area contributed by atoms with Crippen molar-refractivity contribution in [2.24, 2.45) is 0 Å². The van der Waals surface area contributed by atoms with Gasteiger partial charge in [-0.3, -0.25) is 4.79 Å². The van der Waals surface area contributed by atoms with E-state index in [4.69, 9.17) is 9.47 Å². The number of methoxy groups -OCH3 is 2. The predicted molar refractivity (Wildman–Crippen MR) is 99.2 cm³/mol. The maximum absolute atomic E-state index is 13.1. The number of alkyl halides is 3. The van der Waals surface area contributed by atoms with E-state index >= 15 is 0 Å². The molecule has 0 radical (unpaired) electrons. The highest BCUT2D eigenvalue weighted by Crippen LogP contribution is 2.32. The van der Waals surface area contributed by atoms with Gasteiger partial charge in [-0.1, -0.05) is 6.07 Å². The molecular formula is C20H22F4N2O3. The molecule has 0 fully saturated rings. The molecule has 2 aromatic rings. The van der Waals surface area contributed by atoms with Crippen LogP contribution < -0.4 is 20.1 Å². The van der Waals surface area contributed by atoms with Crippen molar-refractivity contribution in [1.29, 1.82) is 0 Å². The highest BCUT2D eigenvalue weighted by molar-refractivity contribution is 5.78. The molecule has 0 aliphatic heterocycles. The molecule has 0 aliphatic carbocycles. The van der Waals surface area contributed by atoms with Crippen LogP contribution in [0.15, 0.2) is 36.4 Å². The fraction of sp³-hybridized carbons (Fsp3) is 0.350. The van der Waals surface area contributed by atoms with Crippen LogP contribution in [0.1, 0.15) is 29.7 Å². The average molecular weight is 414 g/mol. The second-order valence-electron chi connectivity index (χ2n) is 6.29. The van der Waals surface area contributed by atoms with Crippen LogP contribution in [0.3, 0.4) is 0 Å².